The Balaban J connectivity index is 0.000000315. The van der Waals surface area contributed by atoms with Gasteiger partial charge in [0.15, 0.2) is 0 Å². The van der Waals surface area contributed by atoms with Crippen LogP contribution >= 0.6 is 0 Å². The van der Waals surface area contributed by atoms with E-state index in [-0.39, 0.29) is 17.7 Å². The van der Waals surface area contributed by atoms with Crippen molar-refractivity contribution in [2.45, 2.75) is 175 Å². The molecule has 0 radical (unpaired) electrons. The lowest BCUT2D eigenvalue weighted by Crippen LogP contribution is -2.36. The van der Waals surface area contributed by atoms with E-state index in [1.807, 2.05) is 56.3 Å². The molecule has 1 aliphatic carbocycles. The fourth-order valence-corrected chi connectivity index (χ4v) is 8.25. The smallest absolute Gasteiger partial charge is 0.224 e. The second-order valence-electron chi connectivity index (χ2n) is 17.8. The van der Waals surface area contributed by atoms with Crippen LogP contribution in [0, 0.1) is 11.8 Å². The summed E-state index contributed by atoms with van der Waals surface area (Å²) in [7, 11) is 0. The first-order valence-corrected chi connectivity index (χ1v) is 23.9. The average molecular weight is 830 g/mol. The van der Waals surface area contributed by atoms with Crippen LogP contribution in [0.2, 0.25) is 0 Å². The number of rotatable bonds is 26. The van der Waals surface area contributed by atoms with Crippen molar-refractivity contribution < 1.29 is 14.4 Å². The third kappa shape index (κ3) is 23.5. The van der Waals surface area contributed by atoms with E-state index >= 15 is 0 Å². The number of hydrogen-bond acceptors (Lipinski definition) is 3. The van der Waals surface area contributed by atoms with Gasteiger partial charge >= 0.3 is 0 Å². The normalized spacial score (nSPS) is 15.4. The van der Waals surface area contributed by atoms with E-state index in [1.165, 1.54) is 73.6 Å². The molecule has 4 nitrogen and oxygen atoms in total. The molecule has 4 rings (SSSR count). The minimum Gasteiger partial charge on any atom is -0.356 e. The minimum atomic E-state index is 0.0812. The Kier molecular flexibility index (Phi) is 28.1. The zero-order chi connectivity index (χ0) is 44.7. The standard InChI is InChI=1S/C19H27NO.2C19H28O/c1-3-4-8-13-20-19(21)17-12-11-15(2)14-18(17)16-9-6-5-7-10-16;1-4-5-6-10-13-19(20)15-18(14-16(2)3)17-11-8-7-9-12-17;1-4-5-6-10-13-19(20)18(14-16(2)3)15-17-11-8-7-9-12-17/h5-7,9-11,17-18H,3-4,8,12-14H2,1-2H3,(H,20,21);2*7-9,11-12,18H,2,4-6,10,13-15H2,1,3H3. The van der Waals surface area contributed by atoms with Gasteiger partial charge in [0.05, 0.1) is 0 Å². The number of nitrogens with one attached hydrogen (secondary N) is 1. The number of carbonyl (C=O) groups is 3. The molecular formula is C57H83NO3. The summed E-state index contributed by atoms with van der Waals surface area (Å²) in [6.45, 7) is 21.6. The highest BCUT2D eigenvalue weighted by molar-refractivity contribution is 5.81. The topological polar surface area (TPSA) is 63.2 Å². The van der Waals surface area contributed by atoms with Crippen molar-refractivity contribution in [3.8, 4) is 0 Å². The molecule has 0 aromatic heterocycles. The molecule has 1 amide bonds. The van der Waals surface area contributed by atoms with Crippen LogP contribution in [0.25, 0.3) is 0 Å². The van der Waals surface area contributed by atoms with Crippen LogP contribution in [-0.4, -0.2) is 24.0 Å². The van der Waals surface area contributed by atoms with Crippen molar-refractivity contribution in [3.05, 3.63) is 144 Å². The highest BCUT2D eigenvalue weighted by Crippen LogP contribution is 2.37. The van der Waals surface area contributed by atoms with E-state index in [1.54, 1.807) is 0 Å². The van der Waals surface area contributed by atoms with Crippen LogP contribution in [0.4, 0.5) is 0 Å². The maximum Gasteiger partial charge on any atom is 0.224 e. The van der Waals surface area contributed by atoms with E-state index in [9.17, 15) is 14.4 Å². The SMILES string of the molecule is C=C(C)CC(CC(=O)CCCCCC)c1ccccc1.C=C(C)CC(Cc1ccccc1)C(=O)CCCCCC.CCCCCNC(=O)C1CC=C(C)CC1c1ccccc1. The Morgan fingerprint density at radius 3 is 1.77 bits per heavy atom. The molecule has 0 spiro atoms. The summed E-state index contributed by atoms with van der Waals surface area (Å²) in [5.41, 5.74) is 7.46. The van der Waals surface area contributed by atoms with Crippen LogP contribution < -0.4 is 5.32 Å². The fourth-order valence-electron chi connectivity index (χ4n) is 8.25. The zero-order valence-corrected chi connectivity index (χ0v) is 39.3. The van der Waals surface area contributed by atoms with Gasteiger partial charge in [-0.1, -0.05) is 186 Å². The Labute approximate surface area is 373 Å². The second kappa shape index (κ2) is 32.4. The molecule has 3 aromatic carbocycles. The molecule has 0 fully saturated rings. The van der Waals surface area contributed by atoms with E-state index in [2.05, 4.69) is 101 Å². The third-order valence-electron chi connectivity index (χ3n) is 11.7. The molecule has 1 N–H and O–H groups in total. The summed E-state index contributed by atoms with van der Waals surface area (Å²) in [5.74, 6) is 1.84. The van der Waals surface area contributed by atoms with Crippen molar-refractivity contribution >= 4 is 17.5 Å². The summed E-state index contributed by atoms with van der Waals surface area (Å²) in [6, 6.07) is 31.2. The number of hydrogen-bond donors (Lipinski definition) is 1. The predicted molar refractivity (Wildman–Crippen MR) is 262 cm³/mol. The monoisotopic (exact) mass is 830 g/mol. The van der Waals surface area contributed by atoms with Crippen molar-refractivity contribution in [1.29, 1.82) is 0 Å². The van der Waals surface area contributed by atoms with E-state index < -0.39 is 0 Å². The average Bonchev–Trinajstić information content (AvgIpc) is 3.26. The van der Waals surface area contributed by atoms with Gasteiger partial charge in [0.25, 0.3) is 0 Å². The fraction of sp³-hybridized carbons (Fsp3) is 0.526. The van der Waals surface area contributed by atoms with Gasteiger partial charge in [0, 0.05) is 37.6 Å². The van der Waals surface area contributed by atoms with Gasteiger partial charge in [0.2, 0.25) is 5.91 Å². The molecule has 0 bridgehead atoms. The predicted octanol–water partition coefficient (Wildman–Crippen LogP) is 15.4. The molecule has 0 saturated carbocycles. The highest BCUT2D eigenvalue weighted by Gasteiger charge is 2.31. The van der Waals surface area contributed by atoms with Crippen LogP contribution in [0.5, 0.6) is 0 Å². The number of benzene rings is 3. The summed E-state index contributed by atoms with van der Waals surface area (Å²) in [4.78, 5) is 37.1. The van der Waals surface area contributed by atoms with Crippen molar-refractivity contribution in [3.63, 3.8) is 0 Å². The Bertz CT molecular complexity index is 1690. The minimum absolute atomic E-state index is 0.0812. The lowest BCUT2D eigenvalue weighted by molar-refractivity contribution is -0.126. The highest BCUT2D eigenvalue weighted by atomic mass is 16.2. The Morgan fingerprint density at radius 1 is 0.656 bits per heavy atom. The summed E-state index contributed by atoms with van der Waals surface area (Å²) >= 11 is 0. The molecule has 4 heteroatoms. The molecule has 0 aliphatic heterocycles. The van der Waals surface area contributed by atoms with Gasteiger partial charge < -0.3 is 5.32 Å². The lowest BCUT2D eigenvalue weighted by atomic mass is 9.75. The summed E-state index contributed by atoms with van der Waals surface area (Å²) in [6.07, 6.45) is 21.6. The maximum absolute atomic E-state index is 12.5. The van der Waals surface area contributed by atoms with Gasteiger partial charge in [-0.05, 0) is 101 Å². The van der Waals surface area contributed by atoms with E-state index in [4.69, 9.17) is 0 Å². The molecule has 1 aliphatic rings. The number of carbonyl (C=O) groups excluding carboxylic acids is 3. The molecule has 3 aromatic rings. The largest absolute Gasteiger partial charge is 0.356 e. The van der Waals surface area contributed by atoms with Gasteiger partial charge in [-0.3, -0.25) is 14.4 Å². The zero-order valence-electron chi connectivity index (χ0n) is 39.3. The number of allylic oxidation sites excluding steroid dienone is 4. The van der Waals surface area contributed by atoms with Crippen LogP contribution in [0.3, 0.4) is 0 Å². The van der Waals surface area contributed by atoms with Gasteiger partial charge in [0.1, 0.15) is 11.6 Å². The maximum atomic E-state index is 12.5. The van der Waals surface area contributed by atoms with Crippen LogP contribution in [-0.2, 0) is 20.8 Å². The van der Waals surface area contributed by atoms with E-state index in [0.29, 0.717) is 29.8 Å². The third-order valence-corrected chi connectivity index (χ3v) is 11.7. The summed E-state index contributed by atoms with van der Waals surface area (Å²) in [5, 5.41) is 3.13. The van der Waals surface area contributed by atoms with Crippen molar-refractivity contribution in [2.75, 3.05) is 6.54 Å². The van der Waals surface area contributed by atoms with Crippen molar-refractivity contribution in [2.24, 2.45) is 11.8 Å². The number of unbranched alkanes of at least 4 members (excludes halogenated alkanes) is 8. The molecule has 334 valence electrons. The summed E-state index contributed by atoms with van der Waals surface area (Å²) < 4.78 is 0. The first-order chi connectivity index (χ1) is 29.5. The molecule has 4 unspecified atom stereocenters. The molecule has 61 heavy (non-hydrogen) atoms. The second-order valence-corrected chi connectivity index (χ2v) is 17.8. The van der Waals surface area contributed by atoms with Gasteiger partial charge in [-0.2, -0.15) is 0 Å². The lowest BCUT2D eigenvalue weighted by Gasteiger charge is -2.30. The Morgan fingerprint density at radius 2 is 1.20 bits per heavy atom. The van der Waals surface area contributed by atoms with Gasteiger partial charge in [-0.25, -0.2) is 0 Å². The Hall–Kier alpha value is -4.31. The molecule has 4 atom stereocenters. The van der Waals surface area contributed by atoms with E-state index in [0.717, 1.165) is 81.9 Å². The first-order valence-electron chi connectivity index (χ1n) is 23.9. The quantitative estimate of drug-likeness (QED) is 0.0647. The molecular weight excluding hydrogens is 747 g/mol. The van der Waals surface area contributed by atoms with Crippen LogP contribution in [0.15, 0.2) is 127 Å². The van der Waals surface area contributed by atoms with Gasteiger partial charge in [-0.15, -0.1) is 13.2 Å². The molecule has 0 saturated heterocycles. The molecule has 0 heterocycles. The number of amides is 1. The van der Waals surface area contributed by atoms with Crippen LogP contribution in [0.1, 0.15) is 186 Å². The first kappa shape index (κ1) is 52.8. The number of ketones is 2. The number of Topliss-reactive ketones (excluding diaryl/α,β-unsaturated/α-hetero) is 2. The van der Waals surface area contributed by atoms with Crippen molar-refractivity contribution in [1.82, 2.24) is 5.32 Å².